The van der Waals surface area contributed by atoms with Crippen LogP contribution in [-0.4, -0.2) is 23.3 Å². The number of nitrogens with zero attached hydrogens (tertiary/aromatic N) is 1. The fourth-order valence-electron chi connectivity index (χ4n) is 1.40. The van der Waals surface area contributed by atoms with E-state index in [1.807, 2.05) is 30.3 Å². The van der Waals surface area contributed by atoms with Gasteiger partial charge in [-0.1, -0.05) is 30.3 Å². The first-order valence-electron chi connectivity index (χ1n) is 5.17. The lowest BCUT2D eigenvalue weighted by molar-refractivity contribution is -0.130. The third-order valence-corrected chi connectivity index (χ3v) is 2.29. The van der Waals surface area contributed by atoms with Gasteiger partial charge in [0.1, 0.15) is 0 Å². The van der Waals surface area contributed by atoms with E-state index in [4.69, 9.17) is 5.73 Å². The van der Waals surface area contributed by atoms with Gasteiger partial charge >= 0.3 is 0 Å². The fourth-order valence-corrected chi connectivity index (χ4v) is 1.40. The first-order chi connectivity index (χ1) is 7.59. The van der Waals surface area contributed by atoms with E-state index in [1.165, 1.54) is 6.92 Å². The van der Waals surface area contributed by atoms with Crippen LogP contribution in [0.25, 0.3) is 0 Å². The number of hydrogen-bond donors (Lipinski definition) is 1. The lowest BCUT2D eigenvalue weighted by atomic mass is 10.2. The molecule has 1 rings (SSSR count). The molecule has 16 heavy (non-hydrogen) atoms. The van der Waals surface area contributed by atoms with E-state index in [2.05, 4.69) is 0 Å². The van der Waals surface area contributed by atoms with Crippen molar-refractivity contribution in [2.45, 2.75) is 19.9 Å². The molecule has 1 aromatic rings. The van der Waals surface area contributed by atoms with Crippen molar-refractivity contribution in [1.82, 2.24) is 4.90 Å². The number of carbonyl (C=O) groups is 2. The molecule has 86 valence electrons. The van der Waals surface area contributed by atoms with Gasteiger partial charge in [-0.3, -0.25) is 9.59 Å². The van der Waals surface area contributed by atoms with Crippen LogP contribution in [0.3, 0.4) is 0 Å². The van der Waals surface area contributed by atoms with Crippen molar-refractivity contribution in [2.75, 3.05) is 6.54 Å². The van der Waals surface area contributed by atoms with Crippen molar-refractivity contribution in [3.05, 3.63) is 35.9 Å². The summed E-state index contributed by atoms with van der Waals surface area (Å²) >= 11 is 0. The monoisotopic (exact) mass is 220 g/mol. The van der Waals surface area contributed by atoms with Crippen molar-refractivity contribution in [3.63, 3.8) is 0 Å². The molecule has 0 aliphatic heterocycles. The van der Waals surface area contributed by atoms with Gasteiger partial charge in [0.25, 0.3) is 0 Å². The van der Waals surface area contributed by atoms with Gasteiger partial charge < -0.3 is 10.6 Å². The molecule has 0 saturated heterocycles. The number of benzene rings is 1. The number of hydrogen-bond acceptors (Lipinski definition) is 2. The maximum Gasteiger partial charge on any atom is 0.219 e. The van der Waals surface area contributed by atoms with Crippen LogP contribution in [0, 0.1) is 0 Å². The van der Waals surface area contributed by atoms with Crippen LogP contribution in [0.1, 0.15) is 18.9 Å². The minimum absolute atomic E-state index is 0.0508. The maximum absolute atomic E-state index is 11.3. The molecule has 0 bridgehead atoms. The second kappa shape index (κ2) is 5.90. The summed E-state index contributed by atoms with van der Waals surface area (Å²) in [5, 5.41) is 0. The molecule has 1 aromatic carbocycles. The topological polar surface area (TPSA) is 63.4 Å². The largest absolute Gasteiger partial charge is 0.370 e. The molecule has 0 unspecified atom stereocenters. The van der Waals surface area contributed by atoms with Crippen molar-refractivity contribution in [3.8, 4) is 0 Å². The molecular formula is C12H16N2O2. The van der Waals surface area contributed by atoms with Crippen molar-refractivity contribution in [2.24, 2.45) is 5.73 Å². The van der Waals surface area contributed by atoms with E-state index < -0.39 is 0 Å². The zero-order valence-electron chi connectivity index (χ0n) is 9.35. The van der Waals surface area contributed by atoms with Crippen LogP contribution in [-0.2, 0) is 16.1 Å². The molecule has 0 aliphatic rings. The molecule has 0 atom stereocenters. The molecule has 0 spiro atoms. The Hall–Kier alpha value is -1.84. The summed E-state index contributed by atoms with van der Waals surface area (Å²) in [5.74, 6) is -0.440. The molecule has 4 nitrogen and oxygen atoms in total. The lowest BCUT2D eigenvalue weighted by Crippen LogP contribution is -2.31. The van der Waals surface area contributed by atoms with E-state index in [0.717, 1.165) is 5.56 Å². The van der Waals surface area contributed by atoms with E-state index in [0.29, 0.717) is 13.1 Å². The Kier molecular flexibility index (Phi) is 4.51. The summed E-state index contributed by atoms with van der Waals surface area (Å²) in [6.07, 6.45) is 0.201. The second-order valence-electron chi connectivity index (χ2n) is 3.64. The Morgan fingerprint density at radius 3 is 2.38 bits per heavy atom. The van der Waals surface area contributed by atoms with Gasteiger partial charge in [-0.2, -0.15) is 0 Å². The van der Waals surface area contributed by atoms with E-state index in [1.54, 1.807) is 4.90 Å². The van der Waals surface area contributed by atoms with Gasteiger partial charge in [0.15, 0.2) is 0 Å². The fraction of sp³-hybridized carbons (Fsp3) is 0.333. The molecule has 4 heteroatoms. The standard InChI is InChI=1S/C12H16N2O2/c1-10(15)14(8-7-12(13)16)9-11-5-3-2-4-6-11/h2-6H,7-9H2,1H3,(H2,13,16). The Morgan fingerprint density at radius 1 is 1.25 bits per heavy atom. The van der Waals surface area contributed by atoms with Crippen LogP contribution in [0.15, 0.2) is 30.3 Å². The van der Waals surface area contributed by atoms with Gasteiger partial charge in [-0.05, 0) is 5.56 Å². The normalized spacial score (nSPS) is 9.81. The van der Waals surface area contributed by atoms with Gasteiger partial charge in [0.2, 0.25) is 11.8 Å². The smallest absolute Gasteiger partial charge is 0.219 e. The molecule has 0 aromatic heterocycles. The van der Waals surface area contributed by atoms with Gasteiger partial charge in [-0.25, -0.2) is 0 Å². The van der Waals surface area contributed by atoms with E-state index in [-0.39, 0.29) is 18.2 Å². The molecule has 2 amide bonds. The first-order valence-corrected chi connectivity index (χ1v) is 5.17. The highest BCUT2D eigenvalue weighted by atomic mass is 16.2. The van der Waals surface area contributed by atoms with Crippen LogP contribution in [0.2, 0.25) is 0 Å². The van der Waals surface area contributed by atoms with Crippen molar-refractivity contribution in [1.29, 1.82) is 0 Å². The second-order valence-corrected chi connectivity index (χ2v) is 3.64. The summed E-state index contributed by atoms with van der Waals surface area (Å²) in [6, 6.07) is 9.65. The lowest BCUT2D eigenvalue weighted by Gasteiger charge is -2.20. The Labute approximate surface area is 95.0 Å². The SMILES string of the molecule is CC(=O)N(CCC(N)=O)Cc1ccccc1. The average Bonchev–Trinajstić information content (AvgIpc) is 2.25. The Morgan fingerprint density at radius 2 is 1.88 bits per heavy atom. The zero-order chi connectivity index (χ0) is 12.0. The summed E-state index contributed by atoms with van der Waals surface area (Å²) in [4.78, 5) is 23.6. The number of amides is 2. The van der Waals surface area contributed by atoms with Gasteiger partial charge in [0.05, 0.1) is 0 Å². The number of primary amides is 1. The summed E-state index contributed by atoms with van der Waals surface area (Å²) in [5.41, 5.74) is 6.10. The molecule has 0 radical (unpaired) electrons. The van der Waals surface area contributed by atoms with Gasteiger partial charge in [-0.15, -0.1) is 0 Å². The number of rotatable bonds is 5. The zero-order valence-corrected chi connectivity index (χ0v) is 9.35. The highest BCUT2D eigenvalue weighted by Gasteiger charge is 2.10. The van der Waals surface area contributed by atoms with Gasteiger partial charge in [0, 0.05) is 26.4 Å². The van der Waals surface area contributed by atoms with Crippen LogP contribution in [0.5, 0.6) is 0 Å². The molecular weight excluding hydrogens is 204 g/mol. The molecule has 0 saturated carbocycles. The molecule has 2 N–H and O–H groups in total. The minimum Gasteiger partial charge on any atom is -0.370 e. The number of carbonyl (C=O) groups excluding carboxylic acids is 2. The predicted molar refractivity (Wildman–Crippen MR) is 61.3 cm³/mol. The highest BCUT2D eigenvalue weighted by molar-refractivity contribution is 5.76. The summed E-state index contributed by atoms with van der Waals surface area (Å²) < 4.78 is 0. The van der Waals surface area contributed by atoms with Crippen LogP contribution >= 0.6 is 0 Å². The Balaban J connectivity index is 2.58. The van der Waals surface area contributed by atoms with Crippen molar-refractivity contribution < 1.29 is 9.59 Å². The third kappa shape index (κ3) is 4.13. The third-order valence-electron chi connectivity index (χ3n) is 2.29. The first kappa shape index (κ1) is 12.2. The summed E-state index contributed by atoms with van der Waals surface area (Å²) in [7, 11) is 0. The van der Waals surface area contributed by atoms with Crippen LogP contribution < -0.4 is 5.73 Å². The van der Waals surface area contributed by atoms with E-state index >= 15 is 0 Å². The van der Waals surface area contributed by atoms with Crippen molar-refractivity contribution >= 4 is 11.8 Å². The average molecular weight is 220 g/mol. The molecule has 0 heterocycles. The quantitative estimate of drug-likeness (QED) is 0.801. The molecule has 0 aliphatic carbocycles. The van der Waals surface area contributed by atoms with Crippen LogP contribution in [0.4, 0.5) is 0 Å². The Bertz CT molecular complexity index is 363. The number of nitrogens with two attached hydrogens (primary N) is 1. The highest BCUT2D eigenvalue weighted by Crippen LogP contribution is 2.05. The molecule has 0 fully saturated rings. The van der Waals surface area contributed by atoms with E-state index in [9.17, 15) is 9.59 Å². The summed E-state index contributed by atoms with van der Waals surface area (Å²) in [6.45, 7) is 2.38. The predicted octanol–water partition coefficient (Wildman–Crippen LogP) is 0.910. The minimum atomic E-state index is -0.390. The maximum atomic E-state index is 11.3.